The molecular weight excluding hydrogens is 507 g/mol. The van der Waals surface area contributed by atoms with E-state index < -0.39 is 6.04 Å². The molecule has 1 aromatic carbocycles. The molecule has 0 spiro atoms. The van der Waals surface area contributed by atoms with E-state index in [9.17, 15) is 14.0 Å². The summed E-state index contributed by atoms with van der Waals surface area (Å²) in [4.78, 5) is 35.5. The van der Waals surface area contributed by atoms with E-state index in [1.165, 1.54) is 18.6 Å². The van der Waals surface area contributed by atoms with Crippen molar-refractivity contribution in [3.63, 3.8) is 0 Å². The minimum Gasteiger partial charge on any atom is -0.360 e. The monoisotopic (exact) mass is 550 g/mol. The second-order valence-electron chi connectivity index (χ2n) is 12.1. The van der Waals surface area contributed by atoms with Gasteiger partial charge in [0.1, 0.15) is 11.9 Å². The number of hydrogen-bond acceptors (Lipinski definition) is 5. The van der Waals surface area contributed by atoms with Gasteiger partial charge in [-0.25, -0.2) is 4.39 Å². The molecule has 6 rings (SSSR count). The van der Waals surface area contributed by atoms with Crippen LogP contribution in [0.25, 0.3) is 16.5 Å². The zero-order chi connectivity index (χ0) is 27.8. The second kappa shape index (κ2) is 11.6. The van der Waals surface area contributed by atoms with Gasteiger partial charge in [0.2, 0.25) is 11.8 Å². The number of likely N-dealkylation sites (tertiary alicyclic amines) is 1. The van der Waals surface area contributed by atoms with Crippen molar-refractivity contribution in [2.45, 2.75) is 82.5 Å². The van der Waals surface area contributed by atoms with Crippen LogP contribution in [0.5, 0.6) is 0 Å². The summed E-state index contributed by atoms with van der Waals surface area (Å²) < 4.78 is 14.0. The minimum atomic E-state index is -0.527. The van der Waals surface area contributed by atoms with Gasteiger partial charge in [0.25, 0.3) is 0 Å². The van der Waals surface area contributed by atoms with Crippen LogP contribution in [0.3, 0.4) is 0 Å². The van der Waals surface area contributed by atoms with Crippen LogP contribution in [0, 0.1) is 11.7 Å². The van der Waals surface area contributed by atoms with Crippen LogP contribution in [0.1, 0.15) is 63.9 Å². The summed E-state index contributed by atoms with van der Waals surface area (Å²) in [5.74, 6) is -0.219. The van der Waals surface area contributed by atoms with Gasteiger partial charge < -0.3 is 25.8 Å². The normalized spacial score (nSPS) is 24.5. The number of hydrogen-bond donors (Lipinski definition) is 4. The maximum atomic E-state index is 14.5. The van der Waals surface area contributed by atoms with Gasteiger partial charge in [0.15, 0.2) is 0 Å². The fourth-order valence-corrected chi connectivity index (χ4v) is 7.50. The summed E-state index contributed by atoms with van der Waals surface area (Å²) in [6.07, 6.45) is 10.3. The van der Waals surface area contributed by atoms with E-state index in [0.29, 0.717) is 12.6 Å². The number of fused-ring (bicyclic) bond motifs is 2. The molecule has 2 amide bonds. The van der Waals surface area contributed by atoms with Crippen LogP contribution in [0.4, 0.5) is 4.39 Å². The lowest BCUT2D eigenvalue weighted by molar-refractivity contribution is -0.136. The van der Waals surface area contributed by atoms with E-state index >= 15 is 0 Å². The lowest BCUT2D eigenvalue weighted by Crippen LogP contribution is -2.55. The first kappa shape index (κ1) is 27.4. The molecule has 0 bridgehead atoms. The predicted octanol–water partition coefficient (Wildman–Crippen LogP) is 3.36. The highest BCUT2D eigenvalue weighted by atomic mass is 19.1. The third-order valence-electron chi connectivity index (χ3n) is 9.81. The first-order valence-electron chi connectivity index (χ1n) is 15.2. The van der Waals surface area contributed by atoms with Crippen molar-refractivity contribution in [2.24, 2.45) is 5.92 Å². The molecule has 1 aliphatic carbocycles. The highest BCUT2D eigenvalue weighted by Crippen LogP contribution is 2.44. The molecule has 4 N–H and O–H groups in total. The number of nitrogens with zero attached hydrogens (tertiary/aromatic N) is 2. The Balaban J connectivity index is 1.38. The van der Waals surface area contributed by atoms with Crippen LogP contribution in [0.2, 0.25) is 0 Å². The zero-order valence-corrected chi connectivity index (χ0v) is 23.8. The molecule has 8 nitrogen and oxygen atoms in total. The summed E-state index contributed by atoms with van der Waals surface area (Å²) in [5, 5.41) is 10.7. The second-order valence-corrected chi connectivity index (χ2v) is 12.1. The number of aromatic nitrogens is 1. The minimum absolute atomic E-state index is 0.0246. The number of carbonyl (C=O) groups is 2. The summed E-state index contributed by atoms with van der Waals surface area (Å²) in [6.45, 7) is 5.27. The number of aromatic amines is 1. The number of piperidine rings is 1. The topological polar surface area (TPSA) is 92.5 Å². The van der Waals surface area contributed by atoms with Gasteiger partial charge in [-0.05, 0) is 88.9 Å². The lowest BCUT2D eigenvalue weighted by Gasteiger charge is -2.35. The summed E-state index contributed by atoms with van der Waals surface area (Å²) in [5.41, 5.74) is 4.06. The maximum absolute atomic E-state index is 14.5. The Morgan fingerprint density at radius 2 is 1.85 bits per heavy atom. The predicted molar refractivity (Wildman–Crippen MR) is 155 cm³/mol. The quantitative estimate of drug-likeness (QED) is 0.425. The number of nitrogens with one attached hydrogen (secondary N) is 4. The number of amides is 2. The summed E-state index contributed by atoms with van der Waals surface area (Å²) in [6, 6.07) is 4.63. The molecule has 3 fully saturated rings. The fraction of sp³-hybridized carbons (Fsp3) is 0.613. The molecule has 3 unspecified atom stereocenters. The highest BCUT2D eigenvalue weighted by Gasteiger charge is 2.47. The molecule has 2 aromatic rings. The smallest absolute Gasteiger partial charge is 0.249 e. The van der Waals surface area contributed by atoms with E-state index in [0.717, 1.165) is 92.3 Å². The number of likely N-dealkylation sites (N-methyl/N-ethyl adjacent to an activating group) is 1. The number of rotatable bonds is 7. The molecule has 40 heavy (non-hydrogen) atoms. The van der Waals surface area contributed by atoms with Gasteiger partial charge in [-0.1, -0.05) is 19.3 Å². The van der Waals surface area contributed by atoms with Gasteiger partial charge in [0, 0.05) is 47.5 Å². The third-order valence-corrected chi connectivity index (χ3v) is 9.81. The number of carbonyl (C=O) groups excluding carboxylic acids is 2. The van der Waals surface area contributed by atoms with Crippen molar-refractivity contribution < 1.29 is 14.0 Å². The maximum Gasteiger partial charge on any atom is 0.249 e. The molecule has 9 heteroatoms. The summed E-state index contributed by atoms with van der Waals surface area (Å²) in [7, 11) is 1.77. The first-order chi connectivity index (χ1) is 19.5. The molecule has 3 aliphatic heterocycles. The zero-order valence-electron chi connectivity index (χ0n) is 23.8. The average Bonchev–Trinajstić information content (AvgIpc) is 3.70. The van der Waals surface area contributed by atoms with Gasteiger partial charge >= 0.3 is 0 Å². The number of benzene rings is 1. The van der Waals surface area contributed by atoms with Gasteiger partial charge in [0.05, 0.1) is 12.1 Å². The van der Waals surface area contributed by atoms with E-state index in [1.54, 1.807) is 7.05 Å². The van der Waals surface area contributed by atoms with Crippen molar-refractivity contribution in [1.29, 1.82) is 0 Å². The molecule has 1 saturated carbocycles. The van der Waals surface area contributed by atoms with Crippen LogP contribution in [-0.2, 0) is 9.59 Å². The lowest BCUT2D eigenvalue weighted by atomic mass is 9.83. The average molecular weight is 551 g/mol. The largest absolute Gasteiger partial charge is 0.360 e. The first-order valence-corrected chi connectivity index (χ1v) is 15.2. The molecule has 216 valence electrons. The van der Waals surface area contributed by atoms with Crippen LogP contribution in [0.15, 0.2) is 30.1 Å². The van der Waals surface area contributed by atoms with Crippen LogP contribution >= 0.6 is 0 Å². The van der Waals surface area contributed by atoms with Crippen molar-refractivity contribution in [3.05, 3.63) is 41.5 Å². The SMILES string of the molecule is CNC(C)C(=O)NC(C(=O)N1CCC2C1=C(c1c[nH]c3cc(F)ccc13)CN2C1CCNCC1)C1CCCCC1. The van der Waals surface area contributed by atoms with Gasteiger partial charge in [-0.2, -0.15) is 0 Å². The number of H-pyrrole nitrogens is 1. The van der Waals surface area contributed by atoms with E-state index in [-0.39, 0.29) is 35.6 Å². The molecule has 2 saturated heterocycles. The van der Waals surface area contributed by atoms with Crippen molar-refractivity contribution in [1.82, 2.24) is 30.7 Å². The standard InChI is InChI=1S/C31H43FN6O2/c1-19(33-2)30(39)36-28(20-6-4-3-5-7-20)31(40)37-15-12-27-29(37)25(18-38(27)22-10-13-34-14-11-22)24-17-35-26-16-21(32)8-9-23(24)26/h8-9,16-17,19-20,22,27-28,33-35H,3-7,10-15,18H2,1-2H3,(H,36,39). The summed E-state index contributed by atoms with van der Waals surface area (Å²) >= 11 is 0. The van der Waals surface area contributed by atoms with Crippen LogP contribution in [-0.4, -0.2) is 84.0 Å². The molecule has 3 atom stereocenters. The fourth-order valence-electron chi connectivity index (χ4n) is 7.50. The molecule has 4 aliphatic rings. The van der Waals surface area contributed by atoms with E-state index in [1.807, 2.05) is 24.1 Å². The Hall–Kier alpha value is -2.75. The van der Waals surface area contributed by atoms with Gasteiger partial charge in [-0.15, -0.1) is 0 Å². The molecule has 4 heterocycles. The van der Waals surface area contributed by atoms with Gasteiger partial charge in [-0.3, -0.25) is 14.5 Å². The number of halogens is 1. The third kappa shape index (κ3) is 5.08. The molecular formula is C31H43FN6O2. The molecule has 1 aromatic heterocycles. The Morgan fingerprint density at radius 1 is 1.07 bits per heavy atom. The van der Waals surface area contributed by atoms with Crippen molar-refractivity contribution in [2.75, 3.05) is 33.2 Å². The van der Waals surface area contributed by atoms with Crippen molar-refractivity contribution in [3.8, 4) is 0 Å². The highest BCUT2D eigenvalue weighted by molar-refractivity contribution is 5.97. The Bertz CT molecular complexity index is 1280. The Morgan fingerprint density at radius 3 is 2.60 bits per heavy atom. The van der Waals surface area contributed by atoms with E-state index in [4.69, 9.17) is 0 Å². The van der Waals surface area contributed by atoms with Crippen LogP contribution < -0.4 is 16.0 Å². The van der Waals surface area contributed by atoms with E-state index in [2.05, 4.69) is 25.8 Å². The van der Waals surface area contributed by atoms with Crippen molar-refractivity contribution >= 4 is 28.3 Å². The Labute approximate surface area is 236 Å². The molecule has 0 radical (unpaired) electrons. The Kier molecular flexibility index (Phi) is 7.97.